The van der Waals surface area contributed by atoms with E-state index < -0.39 is 11.7 Å². The maximum atomic E-state index is 12.4. The maximum absolute atomic E-state index is 12.4. The quantitative estimate of drug-likeness (QED) is 0.787. The molecule has 1 N–H and O–H groups in total. The fourth-order valence-corrected chi connectivity index (χ4v) is 1.90. The van der Waals surface area contributed by atoms with Crippen molar-refractivity contribution in [1.82, 2.24) is 0 Å². The Morgan fingerprint density at radius 1 is 1.33 bits per heavy atom. The largest absolute Gasteiger partial charge is 0.416 e. The minimum Gasteiger partial charge on any atom is -0.384 e. The molecule has 0 aliphatic rings. The molecule has 1 rings (SSSR count). The van der Waals surface area contributed by atoms with Crippen molar-refractivity contribution in [3.63, 3.8) is 0 Å². The van der Waals surface area contributed by atoms with Gasteiger partial charge in [0.25, 0.3) is 0 Å². The highest BCUT2D eigenvalue weighted by molar-refractivity contribution is 9.10. The van der Waals surface area contributed by atoms with Gasteiger partial charge < -0.3 is 10.1 Å². The van der Waals surface area contributed by atoms with Crippen LogP contribution in [0.1, 0.15) is 18.9 Å². The fourth-order valence-electron chi connectivity index (χ4n) is 1.38. The number of alkyl halides is 3. The number of hydrogen-bond donors (Lipinski definition) is 1. The molecule has 18 heavy (non-hydrogen) atoms. The number of benzene rings is 1. The van der Waals surface area contributed by atoms with Gasteiger partial charge in [-0.1, -0.05) is 0 Å². The lowest BCUT2D eigenvalue weighted by Gasteiger charge is -2.12. The molecule has 0 amide bonds. The van der Waals surface area contributed by atoms with Gasteiger partial charge in [0.2, 0.25) is 0 Å². The van der Waals surface area contributed by atoms with E-state index in [0.29, 0.717) is 29.9 Å². The molecule has 1 aromatic carbocycles. The highest BCUT2D eigenvalue weighted by Gasteiger charge is 2.30. The molecule has 0 aliphatic heterocycles. The Morgan fingerprint density at radius 2 is 2.06 bits per heavy atom. The van der Waals surface area contributed by atoms with Crippen molar-refractivity contribution in [3.8, 4) is 0 Å². The average Bonchev–Trinajstić information content (AvgIpc) is 2.29. The van der Waals surface area contributed by atoms with Crippen LogP contribution in [0.3, 0.4) is 0 Å². The Bertz CT molecular complexity index is 382. The lowest BCUT2D eigenvalue weighted by molar-refractivity contribution is -0.137. The lowest BCUT2D eigenvalue weighted by atomic mass is 10.2. The Labute approximate surface area is 113 Å². The van der Waals surface area contributed by atoms with E-state index in [2.05, 4.69) is 21.2 Å². The number of ether oxygens (including phenoxy) is 1. The van der Waals surface area contributed by atoms with Gasteiger partial charge in [-0.3, -0.25) is 0 Å². The summed E-state index contributed by atoms with van der Waals surface area (Å²) in [6.07, 6.45) is -3.50. The van der Waals surface area contributed by atoms with E-state index in [1.807, 2.05) is 6.92 Å². The predicted molar refractivity (Wildman–Crippen MR) is 68.7 cm³/mol. The van der Waals surface area contributed by atoms with E-state index in [1.54, 1.807) is 0 Å². The van der Waals surface area contributed by atoms with Crippen molar-refractivity contribution < 1.29 is 17.9 Å². The molecule has 0 fully saturated rings. The zero-order valence-electron chi connectivity index (χ0n) is 9.98. The summed E-state index contributed by atoms with van der Waals surface area (Å²) in [4.78, 5) is 0. The zero-order valence-corrected chi connectivity index (χ0v) is 11.6. The third-order valence-corrected chi connectivity index (χ3v) is 2.94. The van der Waals surface area contributed by atoms with Crippen LogP contribution in [0.15, 0.2) is 22.7 Å². The van der Waals surface area contributed by atoms with E-state index in [0.717, 1.165) is 18.6 Å². The summed E-state index contributed by atoms with van der Waals surface area (Å²) in [5.41, 5.74) is -0.00580. The summed E-state index contributed by atoms with van der Waals surface area (Å²) >= 11 is 3.13. The van der Waals surface area contributed by atoms with E-state index in [4.69, 9.17) is 4.74 Å². The molecule has 6 heteroatoms. The SMILES string of the molecule is CCOCCCNc1ccc(C(F)(F)F)cc1Br. The van der Waals surface area contributed by atoms with Crippen LogP contribution in [0.5, 0.6) is 0 Å². The first kappa shape index (κ1) is 15.3. The van der Waals surface area contributed by atoms with Crippen LogP contribution in [-0.2, 0) is 10.9 Å². The Balaban J connectivity index is 2.53. The lowest BCUT2D eigenvalue weighted by Crippen LogP contribution is -2.08. The number of nitrogens with one attached hydrogen (secondary N) is 1. The van der Waals surface area contributed by atoms with Crippen molar-refractivity contribution in [2.75, 3.05) is 25.1 Å². The van der Waals surface area contributed by atoms with Gasteiger partial charge in [-0.25, -0.2) is 0 Å². The van der Waals surface area contributed by atoms with Crippen LogP contribution < -0.4 is 5.32 Å². The van der Waals surface area contributed by atoms with Crippen LogP contribution >= 0.6 is 15.9 Å². The summed E-state index contributed by atoms with van der Waals surface area (Å²) in [7, 11) is 0. The second-order valence-electron chi connectivity index (χ2n) is 3.67. The van der Waals surface area contributed by atoms with E-state index in [1.165, 1.54) is 6.07 Å². The van der Waals surface area contributed by atoms with Gasteiger partial charge in [-0.2, -0.15) is 13.2 Å². The number of rotatable bonds is 6. The van der Waals surface area contributed by atoms with Crippen molar-refractivity contribution in [2.45, 2.75) is 19.5 Å². The maximum Gasteiger partial charge on any atom is 0.416 e. The van der Waals surface area contributed by atoms with Crippen LogP contribution in [-0.4, -0.2) is 19.8 Å². The topological polar surface area (TPSA) is 21.3 Å². The van der Waals surface area contributed by atoms with Gasteiger partial charge in [-0.05, 0) is 47.5 Å². The Kier molecular flexibility index (Phi) is 5.95. The summed E-state index contributed by atoms with van der Waals surface area (Å²) < 4.78 is 42.9. The van der Waals surface area contributed by atoms with Gasteiger partial charge >= 0.3 is 6.18 Å². The summed E-state index contributed by atoms with van der Waals surface area (Å²) in [6, 6.07) is 3.56. The van der Waals surface area contributed by atoms with Gasteiger partial charge in [0.15, 0.2) is 0 Å². The molecule has 1 aromatic rings. The van der Waals surface area contributed by atoms with Crippen molar-refractivity contribution in [2.24, 2.45) is 0 Å². The molecular formula is C12H15BrF3NO. The van der Waals surface area contributed by atoms with E-state index in [-0.39, 0.29) is 0 Å². The molecule has 0 heterocycles. The predicted octanol–water partition coefficient (Wildman–Crippen LogP) is 4.31. The Hall–Kier alpha value is -0.750. The second-order valence-corrected chi connectivity index (χ2v) is 4.52. The molecule has 0 saturated carbocycles. The van der Waals surface area contributed by atoms with E-state index >= 15 is 0 Å². The standard InChI is InChI=1S/C12H15BrF3NO/c1-2-18-7-3-6-17-11-5-4-9(8-10(11)13)12(14,15)16/h4-5,8,17H,2-3,6-7H2,1H3. The third kappa shape index (κ3) is 4.86. The van der Waals surface area contributed by atoms with Crippen molar-refractivity contribution in [1.29, 1.82) is 0 Å². The summed E-state index contributed by atoms with van der Waals surface area (Å²) in [6.45, 7) is 3.88. The number of anilines is 1. The van der Waals surface area contributed by atoms with Crippen LogP contribution in [0.25, 0.3) is 0 Å². The van der Waals surface area contributed by atoms with Gasteiger partial charge in [0.1, 0.15) is 0 Å². The molecule has 102 valence electrons. The first-order chi connectivity index (χ1) is 8.45. The molecule has 0 aliphatic carbocycles. The Morgan fingerprint density at radius 3 is 2.61 bits per heavy atom. The van der Waals surface area contributed by atoms with Crippen LogP contribution in [0, 0.1) is 0 Å². The molecule has 0 spiro atoms. The molecule has 0 aromatic heterocycles. The summed E-state index contributed by atoms with van der Waals surface area (Å²) in [5, 5.41) is 3.06. The smallest absolute Gasteiger partial charge is 0.384 e. The normalized spacial score (nSPS) is 11.6. The van der Waals surface area contributed by atoms with Gasteiger partial charge in [-0.15, -0.1) is 0 Å². The second kappa shape index (κ2) is 6.99. The molecule has 0 saturated heterocycles. The van der Waals surface area contributed by atoms with Crippen LogP contribution in [0.4, 0.5) is 18.9 Å². The van der Waals surface area contributed by atoms with Crippen LogP contribution in [0.2, 0.25) is 0 Å². The van der Waals surface area contributed by atoms with Crippen molar-refractivity contribution >= 4 is 21.6 Å². The zero-order chi connectivity index (χ0) is 13.6. The molecule has 0 unspecified atom stereocenters. The fraction of sp³-hybridized carbons (Fsp3) is 0.500. The molecule has 0 atom stereocenters. The van der Waals surface area contributed by atoms with Gasteiger partial charge in [0.05, 0.1) is 5.56 Å². The van der Waals surface area contributed by atoms with Crippen molar-refractivity contribution in [3.05, 3.63) is 28.2 Å². The first-order valence-corrected chi connectivity index (χ1v) is 6.42. The monoisotopic (exact) mass is 325 g/mol. The highest BCUT2D eigenvalue weighted by Crippen LogP contribution is 2.33. The minimum atomic E-state index is -4.31. The highest BCUT2D eigenvalue weighted by atomic mass is 79.9. The first-order valence-electron chi connectivity index (χ1n) is 5.63. The average molecular weight is 326 g/mol. The molecular weight excluding hydrogens is 311 g/mol. The number of halogens is 4. The third-order valence-electron chi connectivity index (χ3n) is 2.28. The van der Waals surface area contributed by atoms with E-state index in [9.17, 15) is 13.2 Å². The summed E-state index contributed by atoms with van der Waals surface area (Å²) in [5.74, 6) is 0. The minimum absolute atomic E-state index is 0.411. The molecule has 0 radical (unpaired) electrons. The van der Waals surface area contributed by atoms with Gasteiger partial charge in [0, 0.05) is 29.9 Å². The number of hydrogen-bond acceptors (Lipinski definition) is 2. The molecule has 2 nitrogen and oxygen atoms in total. The molecule has 0 bridgehead atoms.